The van der Waals surface area contributed by atoms with Crippen molar-refractivity contribution in [2.45, 2.75) is 44.1 Å². The first kappa shape index (κ1) is 17.6. The molecular weight excluding hydrogens is 331 g/mol. The standard InChI is InChI=1S/C21H25FN2O2/c22-19-3-1-17(2-4-19)14-24-11-7-21(8-12-24)13-20(16-26-21)25-15-18-5-9-23-10-6-18/h1-6,9-10,20H,7-8,11-16H2/t20-/m0/s1. The van der Waals surface area contributed by atoms with Crippen LogP contribution in [0.15, 0.2) is 48.8 Å². The molecule has 4 nitrogen and oxygen atoms in total. The lowest BCUT2D eigenvalue weighted by atomic mass is 9.88. The molecule has 2 saturated heterocycles. The summed E-state index contributed by atoms with van der Waals surface area (Å²) in [5, 5.41) is 0. The van der Waals surface area contributed by atoms with Crippen molar-refractivity contribution in [2.75, 3.05) is 19.7 Å². The molecule has 0 bridgehead atoms. The van der Waals surface area contributed by atoms with E-state index in [0.29, 0.717) is 13.2 Å². The minimum Gasteiger partial charge on any atom is -0.372 e. The number of nitrogens with zero attached hydrogens (tertiary/aromatic N) is 2. The van der Waals surface area contributed by atoms with E-state index in [2.05, 4.69) is 9.88 Å². The van der Waals surface area contributed by atoms with Crippen LogP contribution in [0.3, 0.4) is 0 Å². The summed E-state index contributed by atoms with van der Waals surface area (Å²) in [4.78, 5) is 6.45. The van der Waals surface area contributed by atoms with Crippen LogP contribution in [0.4, 0.5) is 4.39 Å². The van der Waals surface area contributed by atoms with Gasteiger partial charge in [0.05, 0.1) is 24.9 Å². The number of hydrogen-bond donors (Lipinski definition) is 0. The third-order valence-electron chi connectivity index (χ3n) is 5.50. The maximum atomic E-state index is 13.0. The van der Waals surface area contributed by atoms with Crippen molar-refractivity contribution >= 4 is 0 Å². The van der Waals surface area contributed by atoms with E-state index in [1.807, 2.05) is 24.3 Å². The molecular formula is C21H25FN2O2. The number of likely N-dealkylation sites (tertiary alicyclic amines) is 1. The predicted octanol–water partition coefficient (Wildman–Crippen LogP) is 3.56. The maximum Gasteiger partial charge on any atom is 0.123 e. The Labute approximate surface area is 153 Å². The average molecular weight is 356 g/mol. The first-order valence-corrected chi connectivity index (χ1v) is 9.32. The second-order valence-corrected chi connectivity index (χ2v) is 7.39. The van der Waals surface area contributed by atoms with Crippen molar-refractivity contribution in [1.82, 2.24) is 9.88 Å². The highest BCUT2D eigenvalue weighted by Crippen LogP contribution is 2.37. The van der Waals surface area contributed by atoms with Crippen LogP contribution in [0, 0.1) is 5.82 Å². The number of halogens is 1. The Morgan fingerprint density at radius 1 is 1.08 bits per heavy atom. The fraction of sp³-hybridized carbons (Fsp3) is 0.476. The molecule has 1 spiro atoms. The molecule has 0 N–H and O–H groups in total. The lowest BCUT2D eigenvalue weighted by Crippen LogP contribution is -2.43. The van der Waals surface area contributed by atoms with Gasteiger partial charge in [-0.25, -0.2) is 4.39 Å². The van der Waals surface area contributed by atoms with Crippen LogP contribution < -0.4 is 0 Å². The predicted molar refractivity (Wildman–Crippen MR) is 97.0 cm³/mol. The Hall–Kier alpha value is -1.82. The first-order valence-electron chi connectivity index (χ1n) is 9.32. The summed E-state index contributed by atoms with van der Waals surface area (Å²) >= 11 is 0. The van der Waals surface area contributed by atoms with E-state index >= 15 is 0 Å². The van der Waals surface area contributed by atoms with Gasteiger partial charge in [-0.15, -0.1) is 0 Å². The minimum atomic E-state index is -0.177. The number of benzene rings is 1. The molecule has 0 saturated carbocycles. The topological polar surface area (TPSA) is 34.6 Å². The molecule has 2 aromatic rings. The second-order valence-electron chi connectivity index (χ2n) is 7.39. The van der Waals surface area contributed by atoms with Crippen molar-refractivity contribution in [3.63, 3.8) is 0 Å². The highest BCUT2D eigenvalue weighted by atomic mass is 19.1. The van der Waals surface area contributed by atoms with Gasteiger partial charge < -0.3 is 9.47 Å². The van der Waals surface area contributed by atoms with Gasteiger partial charge >= 0.3 is 0 Å². The van der Waals surface area contributed by atoms with E-state index in [0.717, 1.165) is 50.0 Å². The SMILES string of the molecule is Fc1ccc(CN2CCC3(CC2)C[C@H](OCc2ccncc2)CO3)cc1. The zero-order chi connectivity index (χ0) is 17.8. The van der Waals surface area contributed by atoms with Crippen LogP contribution >= 0.6 is 0 Å². The van der Waals surface area contributed by atoms with Gasteiger partial charge in [0.15, 0.2) is 0 Å². The Bertz CT molecular complexity index is 700. The van der Waals surface area contributed by atoms with E-state index in [1.165, 1.54) is 12.1 Å². The molecule has 2 fully saturated rings. The molecule has 1 aromatic heterocycles. The molecule has 0 amide bonds. The Morgan fingerprint density at radius 3 is 2.54 bits per heavy atom. The monoisotopic (exact) mass is 356 g/mol. The number of hydrogen-bond acceptors (Lipinski definition) is 4. The quantitative estimate of drug-likeness (QED) is 0.820. The molecule has 0 aliphatic carbocycles. The lowest BCUT2D eigenvalue weighted by molar-refractivity contribution is -0.0468. The van der Waals surface area contributed by atoms with E-state index < -0.39 is 0 Å². The van der Waals surface area contributed by atoms with Crippen molar-refractivity contribution in [1.29, 1.82) is 0 Å². The largest absolute Gasteiger partial charge is 0.372 e. The first-order chi connectivity index (χ1) is 12.7. The summed E-state index contributed by atoms with van der Waals surface area (Å²) < 4.78 is 25.3. The van der Waals surface area contributed by atoms with Gasteiger partial charge in [0.1, 0.15) is 5.82 Å². The molecule has 138 valence electrons. The van der Waals surface area contributed by atoms with E-state index in [4.69, 9.17) is 9.47 Å². The molecule has 26 heavy (non-hydrogen) atoms. The van der Waals surface area contributed by atoms with Crippen LogP contribution in [0.5, 0.6) is 0 Å². The van der Waals surface area contributed by atoms with E-state index in [-0.39, 0.29) is 17.5 Å². The lowest BCUT2D eigenvalue weighted by Gasteiger charge is -2.38. The van der Waals surface area contributed by atoms with Crippen molar-refractivity contribution < 1.29 is 13.9 Å². The normalized spacial score (nSPS) is 22.7. The third-order valence-corrected chi connectivity index (χ3v) is 5.50. The van der Waals surface area contributed by atoms with Gasteiger partial charge in [-0.1, -0.05) is 12.1 Å². The van der Waals surface area contributed by atoms with Gasteiger partial charge in [-0.2, -0.15) is 0 Å². The molecule has 5 heteroatoms. The van der Waals surface area contributed by atoms with Crippen molar-refractivity contribution in [3.05, 3.63) is 65.7 Å². The van der Waals surface area contributed by atoms with Gasteiger partial charge in [0, 0.05) is 38.4 Å². The van der Waals surface area contributed by atoms with Gasteiger partial charge in [-0.3, -0.25) is 9.88 Å². The summed E-state index contributed by atoms with van der Waals surface area (Å²) in [6.07, 6.45) is 6.80. The highest BCUT2D eigenvalue weighted by Gasteiger charge is 2.43. The van der Waals surface area contributed by atoms with Crippen LogP contribution in [0.25, 0.3) is 0 Å². The average Bonchev–Trinajstić information content (AvgIpc) is 3.08. The summed E-state index contributed by atoms with van der Waals surface area (Å²) in [6.45, 7) is 4.19. The Kier molecular flexibility index (Phi) is 5.29. The highest BCUT2D eigenvalue weighted by molar-refractivity contribution is 5.16. The van der Waals surface area contributed by atoms with E-state index in [1.54, 1.807) is 12.4 Å². The van der Waals surface area contributed by atoms with Gasteiger partial charge in [0.25, 0.3) is 0 Å². The number of pyridine rings is 1. The summed E-state index contributed by atoms with van der Waals surface area (Å²) in [7, 11) is 0. The number of ether oxygens (including phenoxy) is 2. The minimum absolute atomic E-state index is 0.0256. The third kappa shape index (κ3) is 4.29. The Balaban J connectivity index is 1.24. The molecule has 1 aromatic carbocycles. The Morgan fingerprint density at radius 2 is 1.81 bits per heavy atom. The molecule has 2 aliphatic rings. The molecule has 1 atom stereocenters. The fourth-order valence-electron chi connectivity index (χ4n) is 3.92. The van der Waals surface area contributed by atoms with Crippen molar-refractivity contribution in [2.24, 2.45) is 0 Å². The number of piperidine rings is 1. The van der Waals surface area contributed by atoms with Gasteiger partial charge in [0.2, 0.25) is 0 Å². The van der Waals surface area contributed by atoms with Crippen molar-refractivity contribution in [3.8, 4) is 0 Å². The second kappa shape index (κ2) is 7.82. The molecule has 3 heterocycles. The molecule has 0 unspecified atom stereocenters. The molecule has 0 radical (unpaired) electrons. The van der Waals surface area contributed by atoms with E-state index in [9.17, 15) is 4.39 Å². The zero-order valence-electron chi connectivity index (χ0n) is 14.9. The van der Waals surface area contributed by atoms with Crippen LogP contribution in [-0.4, -0.2) is 41.3 Å². The summed E-state index contributed by atoms with van der Waals surface area (Å²) in [6, 6.07) is 10.8. The number of rotatable bonds is 5. The summed E-state index contributed by atoms with van der Waals surface area (Å²) in [5.74, 6) is -0.177. The molecule has 2 aliphatic heterocycles. The van der Waals surface area contributed by atoms with Crippen LogP contribution in [0.2, 0.25) is 0 Å². The number of aromatic nitrogens is 1. The smallest absolute Gasteiger partial charge is 0.123 e. The van der Waals surface area contributed by atoms with Gasteiger partial charge in [-0.05, 0) is 48.2 Å². The fourth-order valence-corrected chi connectivity index (χ4v) is 3.92. The molecule has 4 rings (SSSR count). The maximum absolute atomic E-state index is 13.0. The van der Waals surface area contributed by atoms with Crippen LogP contribution in [0.1, 0.15) is 30.4 Å². The summed E-state index contributed by atoms with van der Waals surface area (Å²) in [5.41, 5.74) is 2.28. The zero-order valence-corrected chi connectivity index (χ0v) is 14.9. The van der Waals surface area contributed by atoms with Crippen LogP contribution in [-0.2, 0) is 22.6 Å².